The van der Waals surface area contributed by atoms with Crippen LogP contribution in [0, 0.1) is 0 Å². The van der Waals surface area contributed by atoms with Crippen molar-refractivity contribution in [3.8, 4) is 0 Å². The van der Waals surface area contributed by atoms with Crippen LogP contribution >= 0.6 is 47.8 Å². The maximum absolute atomic E-state index is 9.28. The molecule has 0 aliphatic rings. The van der Waals surface area contributed by atoms with Crippen LogP contribution < -0.4 is 0 Å². The van der Waals surface area contributed by atoms with Gasteiger partial charge in [-0.3, -0.25) is 0 Å². The minimum Gasteiger partial charge on any atom is -0.355 e. The van der Waals surface area contributed by atoms with Crippen molar-refractivity contribution in [2.75, 3.05) is 0 Å². The number of halogens is 3. The van der Waals surface area contributed by atoms with Crippen molar-refractivity contribution in [2.45, 2.75) is 47.0 Å². The third-order valence-electron chi connectivity index (χ3n) is 1.81. The van der Waals surface area contributed by atoms with E-state index in [1.165, 1.54) is 12.8 Å². The number of alkyl halides is 3. The molecular formula is C8H15Br3O2. The summed E-state index contributed by atoms with van der Waals surface area (Å²) in [6.45, 7) is 2.14. The molecule has 0 aromatic heterocycles. The quantitative estimate of drug-likeness (QED) is 0.419. The second-order valence-corrected chi connectivity index (χ2v) is 7.98. The van der Waals surface area contributed by atoms with Crippen molar-refractivity contribution in [1.29, 1.82) is 0 Å². The molecule has 0 aromatic rings. The zero-order valence-electron chi connectivity index (χ0n) is 7.56. The fourth-order valence-electron chi connectivity index (χ4n) is 0.933. The molecule has 0 saturated carbocycles. The van der Waals surface area contributed by atoms with Gasteiger partial charge in [-0.05, 0) is 22.4 Å². The molecule has 80 valence electrons. The lowest BCUT2D eigenvalue weighted by molar-refractivity contribution is -0.0750. The molecule has 0 fully saturated rings. The fraction of sp³-hybridized carbons (Fsp3) is 1.00. The Morgan fingerprint density at radius 1 is 1.00 bits per heavy atom. The van der Waals surface area contributed by atoms with Crippen molar-refractivity contribution >= 4 is 47.8 Å². The summed E-state index contributed by atoms with van der Waals surface area (Å²) in [5.41, 5.74) is 0. The molecule has 0 rings (SSSR count). The number of rotatable bonds is 6. The van der Waals surface area contributed by atoms with Gasteiger partial charge < -0.3 is 10.2 Å². The molecule has 13 heavy (non-hydrogen) atoms. The van der Waals surface area contributed by atoms with Gasteiger partial charge in [-0.15, -0.1) is 0 Å². The molecule has 0 unspecified atom stereocenters. The Morgan fingerprint density at radius 2 is 1.54 bits per heavy atom. The number of unbranched alkanes of at least 4 members (excludes halogenated alkanes) is 3. The highest BCUT2D eigenvalue weighted by molar-refractivity contribution is 9.26. The zero-order chi connectivity index (χ0) is 10.5. The molecule has 0 atom stereocenters. The molecule has 0 amide bonds. The highest BCUT2D eigenvalue weighted by Gasteiger charge is 2.43. The van der Waals surface area contributed by atoms with Gasteiger partial charge in [0, 0.05) is 0 Å². The van der Waals surface area contributed by atoms with E-state index in [0.717, 1.165) is 12.8 Å². The van der Waals surface area contributed by atoms with Crippen LogP contribution in [0.2, 0.25) is 0 Å². The molecule has 2 N–H and O–H groups in total. The molecule has 0 spiro atoms. The van der Waals surface area contributed by atoms with Gasteiger partial charge in [0.15, 0.2) is 0 Å². The molecule has 0 saturated heterocycles. The van der Waals surface area contributed by atoms with Crippen LogP contribution in [0.5, 0.6) is 0 Å². The lowest BCUT2D eigenvalue weighted by Crippen LogP contribution is -2.39. The molecule has 0 aliphatic heterocycles. The molecule has 2 nitrogen and oxygen atoms in total. The van der Waals surface area contributed by atoms with Crippen molar-refractivity contribution in [3.63, 3.8) is 0 Å². The van der Waals surface area contributed by atoms with Crippen LogP contribution in [0.3, 0.4) is 0 Å². The highest BCUT2D eigenvalue weighted by Crippen LogP contribution is 2.44. The Morgan fingerprint density at radius 3 is 1.92 bits per heavy atom. The number of aliphatic hydroxyl groups is 2. The lowest BCUT2D eigenvalue weighted by atomic mass is 10.1. The van der Waals surface area contributed by atoms with Crippen molar-refractivity contribution in [2.24, 2.45) is 0 Å². The molecule has 0 aromatic carbocycles. The molecule has 0 radical (unpaired) electrons. The van der Waals surface area contributed by atoms with E-state index >= 15 is 0 Å². The third kappa shape index (κ3) is 5.72. The average molecular weight is 383 g/mol. The van der Waals surface area contributed by atoms with E-state index < -0.39 is 7.93 Å². The van der Waals surface area contributed by atoms with E-state index in [0.29, 0.717) is 6.42 Å². The van der Waals surface area contributed by atoms with Gasteiger partial charge in [0.2, 0.25) is 4.70 Å². The van der Waals surface area contributed by atoms with Crippen LogP contribution in [-0.4, -0.2) is 18.1 Å². The van der Waals surface area contributed by atoms with E-state index in [1.54, 1.807) is 0 Å². The van der Waals surface area contributed by atoms with Crippen LogP contribution in [0.1, 0.15) is 39.0 Å². The first-order valence-electron chi connectivity index (χ1n) is 4.32. The Labute approximate surface area is 104 Å². The molecule has 0 heterocycles. The van der Waals surface area contributed by atoms with Gasteiger partial charge in [0.25, 0.3) is 0 Å². The van der Waals surface area contributed by atoms with E-state index in [2.05, 4.69) is 54.7 Å². The molecule has 0 bridgehead atoms. The van der Waals surface area contributed by atoms with Crippen LogP contribution in [-0.2, 0) is 0 Å². The summed E-state index contributed by atoms with van der Waals surface area (Å²) >= 11 is 9.24. The monoisotopic (exact) mass is 380 g/mol. The van der Waals surface area contributed by atoms with E-state index in [-0.39, 0.29) is 0 Å². The maximum Gasteiger partial charge on any atom is 0.247 e. The average Bonchev–Trinajstić information content (AvgIpc) is 1.96. The van der Waals surface area contributed by atoms with E-state index in [4.69, 9.17) is 0 Å². The van der Waals surface area contributed by atoms with Gasteiger partial charge in [0.1, 0.15) is 3.23 Å². The van der Waals surface area contributed by atoms with Gasteiger partial charge in [0.05, 0.1) is 0 Å². The number of hydrogen-bond donors (Lipinski definition) is 2. The highest BCUT2D eigenvalue weighted by atomic mass is 79.9. The van der Waals surface area contributed by atoms with Crippen molar-refractivity contribution < 1.29 is 10.2 Å². The summed E-state index contributed by atoms with van der Waals surface area (Å²) in [7, 11) is 0. The first-order chi connectivity index (χ1) is 5.81. The zero-order valence-corrected chi connectivity index (χ0v) is 12.3. The van der Waals surface area contributed by atoms with Crippen LogP contribution in [0.25, 0.3) is 0 Å². The van der Waals surface area contributed by atoms with Gasteiger partial charge >= 0.3 is 0 Å². The minimum absolute atomic E-state index is 0.658. The summed E-state index contributed by atoms with van der Waals surface area (Å²) in [4.78, 5) is 0. The Hall–Kier alpha value is 1.36. The second-order valence-electron chi connectivity index (χ2n) is 3.10. The van der Waals surface area contributed by atoms with Gasteiger partial charge in [-0.25, -0.2) is 0 Å². The normalized spacial score (nSPS) is 13.4. The summed E-state index contributed by atoms with van der Waals surface area (Å²) in [5, 5.41) is 18.6. The van der Waals surface area contributed by atoms with Crippen LogP contribution in [0.15, 0.2) is 0 Å². The van der Waals surface area contributed by atoms with E-state index in [9.17, 15) is 10.2 Å². The topological polar surface area (TPSA) is 40.5 Å². The maximum atomic E-state index is 9.28. The van der Waals surface area contributed by atoms with Gasteiger partial charge in [-0.2, -0.15) is 0 Å². The predicted molar refractivity (Wildman–Crippen MR) is 65.4 cm³/mol. The number of hydrogen-bond acceptors (Lipinski definition) is 2. The predicted octanol–water partition coefficient (Wildman–Crippen LogP) is 3.48. The Bertz CT molecular complexity index is 143. The summed E-state index contributed by atoms with van der Waals surface area (Å²) < 4.78 is -2.77. The van der Waals surface area contributed by atoms with Crippen molar-refractivity contribution in [1.82, 2.24) is 0 Å². The third-order valence-corrected chi connectivity index (χ3v) is 5.45. The van der Waals surface area contributed by atoms with Crippen molar-refractivity contribution in [3.05, 3.63) is 0 Å². The van der Waals surface area contributed by atoms with Crippen LogP contribution in [0.4, 0.5) is 0 Å². The molecule has 0 aliphatic carbocycles. The Kier molecular flexibility index (Phi) is 6.69. The fourth-order valence-corrected chi connectivity index (χ4v) is 1.69. The summed E-state index contributed by atoms with van der Waals surface area (Å²) in [6, 6.07) is 0. The first kappa shape index (κ1) is 14.4. The molecule has 5 heteroatoms. The standard InChI is InChI=1S/C8H15Br3O2/c1-2-3-4-5-6-7(9,10)8(11,12)13/h12-13H,2-6H2,1H3. The second kappa shape index (κ2) is 6.05. The van der Waals surface area contributed by atoms with E-state index in [1.807, 2.05) is 0 Å². The minimum atomic E-state index is -1.91. The van der Waals surface area contributed by atoms with Gasteiger partial charge in [-0.1, -0.05) is 64.5 Å². The summed E-state index contributed by atoms with van der Waals surface area (Å²) in [5.74, 6) is 0. The Balaban J connectivity index is 3.77. The largest absolute Gasteiger partial charge is 0.355 e. The SMILES string of the molecule is CCCCCCC(Br)(Br)C(O)(O)Br. The smallest absolute Gasteiger partial charge is 0.247 e. The molecular weight excluding hydrogens is 368 g/mol. The lowest BCUT2D eigenvalue weighted by Gasteiger charge is -2.29. The summed E-state index contributed by atoms with van der Waals surface area (Å²) in [6.07, 6.45) is 5.08. The first-order valence-corrected chi connectivity index (χ1v) is 6.70.